The van der Waals surface area contributed by atoms with E-state index in [0.717, 1.165) is 25.8 Å². The summed E-state index contributed by atoms with van der Waals surface area (Å²) in [6, 6.07) is 0. The van der Waals surface area contributed by atoms with Gasteiger partial charge in [0.15, 0.2) is 0 Å². The lowest BCUT2D eigenvalue weighted by Gasteiger charge is -2.36. The van der Waals surface area contributed by atoms with Crippen molar-refractivity contribution in [2.75, 3.05) is 19.6 Å². The number of hydrogen-bond donors (Lipinski definition) is 1. The predicted octanol–water partition coefficient (Wildman–Crippen LogP) is 3.23. The summed E-state index contributed by atoms with van der Waals surface area (Å²) in [6.45, 7) is 1.73. The first-order valence-electron chi connectivity index (χ1n) is 7.17. The Kier molecular flexibility index (Phi) is 4.56. The summed E-state index contributed by atoms with van der Waals surface area (Å²) in [6.07, 6.45) is 3.96. The molecule has 0 unspecified atom stereocenters. The molecule has 0 aromatic carbocycles. The van der Waals surface area contributed by atoms with Gasteiger partial charge in [-0.25, -0.2) is 0 Å². The molecule has 1 fully saturated rings. The first kappa shape index (κ1) is 14.9. The number of nitrogens with two attached hydrogens (primary N) is 1. The topological polar surface area (TPSA) is 29.3 Å². The molecule has 2 nitrogen and oxygen atoms in total. The Bertz CT molecular complexity index is 330. The van der Waals surface area contributed by atoms with Gasteiger partial charge in [-0.3, -0.25) is 4.90 Å². The summed E-state index contributed by atoms with van der Waals surface area (Å²) in [5.74, 6) is 0. The smallest absolute Gasteiger partial charge is 0.325 e. The van der Waals surface area contributed by atoms with Crippen molar-refractivity contribution in [1.82, 2.24) is 4.90 Å². The summed E-state index contributed by atoms with van der Waals surface area (Å²) in [5.41, 5.74) is 5.90. The number of alkyl halides is 3. The van der Waals surface area contributed by atoms with Gasteiger partial charge in [0.2, 0.25) is 0 Å². The Morgan fingerprint density at radius 2 is 1.89 bits per heavy atom. The second kappa shape index (κ2) is 5.83. The van der Waals surface area contributed by atoms with Crippen molar-refractivity contribution in [2.45, 2.75) is 56.7 Å². The SMILES string of the molecule is NC1(CCN2CC=C(C(F)(F)F)CC2)CCCCC1. The van der Waals surface area contributed by atoms with Crippen molar-refractivity contribution in [2.24, 2.45) is 5.73 Å². The maximum atomic E-state index is 12.5. The molecule has 2 N–H and O–H groups in total. The van der Waals surface area contributed by atoms with E-state index in [9.17, 15) is 13.2 Å². The third-order valence-corrected chi connectivity index (χ3v) is 4.43. The molecule has 2 rings (SSSR count). The van der Waals surface area contributed by atoms with Gasteiger partial charge in [-0.1, -0.05) is 25.3 Å². The van der Waals surface area contributed by atoms with E-state index in [1.54, 1.807) is 0 Å². The number of hydrogen-bond acceptors (Lipinski definition) is 2. The van der Waals surface area contributed by atoms with Crippen LogP contribution in [0, 0.1) is 0 Å². The second-order valence-corrected chi connectivity index (χ2v) is 5.95. The van der Waals surface area contributed by atoms with Crippen LogP contribution in [0.15, 0.2) is 11.6 Å². The Morgan fingerprint density at radius 3 is 2.42 bits per heavy atom. The largest absolute Gasteiger partial charge is 0.412 e. The molecule has 0 amide bonds. The fourth-order valence-corrected chi connectivity index (χ4v) is 3.06. The van der Waals surface area contributed by atoms with Crippen molar-refractivity contribution < 1.29 is 13.2 Å². The third-order valence-electron chi connectivity index (χ3n) is 4.43. The van der Waals surface area contributed by atoms with Gasteiger partial charge in [-0.05, 0) is 25.7 Å². The van der Waals surface area contributed by atoms with E-state index >= 15 is 0 Å². The molecule has 0 radical (unpaired) electrons. The summed E-state index contributed by atoms with van der Waals surface area (Å²) in [5, 5.41) is 0. The lowest BCUT2D eigenvalue weighted by molar-refractivity contribution is -0.0960. The molecule has 1 aliphatic carbocycles. The molecule has 0 spiro atoms. The highest BCUT2D eigenvalue weighted by atomic mass is 19.4. The van der Waals surface area contributed by atoms with Crippen LogP contribution in [0.2, 0.25) is 0 Å². The van der Waals surface area contributed by atoms with Crippen molar-refractivity contribution in [3.8, 4) is 0 Å². The molecule has 110 valence electrons. The van der Waals surface area contributed by atoms with E-state index in [4.69, 9.17) is 5.73 Å². The van der Waals surface area contributed by atoms with Crippen LogP contribution in [0.25, 0.3) is 0 Å². The van der Waals surface area contributed by atoms with Gasteiger partial charge >= 0.3 is 6.18 Å². The quantitative estimate of drug-likeness (QED) is 0.802. The Labute approximate surface area is 112 Å². The highest BCUT2D eigenvalue weighted by Crippen LogP contribution is 2.31. The molecule has 1 saturated carbocycles. The zero-order valence-corrected chi connectivity index (χ0v) is 11.3. The average Bonchev–Trinajstić information content (AvgIpc) is 2.37. The molecule has 5 heteroatoms. The van der Waals surface area contributed by atoms with Crippen LogP contribution in [0.1, 0.15) is 44.9 Å². The summed E-state index contributed by atoms with van der Waals surface area (Å²) in [7, 11) is 0. The minimum atomic E-state index is -4.15. The molecule has 0 aromatic heterocycles. The van der Waals surface area contributed by atoms with Crippen molar-refractivity contribution >= 4 is 0 Å². The van der Waals surface area contributed by atoms with Crippen LogP contribution in [0.3, 0.4) is 0 Å². The van der Waals surface area contributed by atoms with Crippen LogP contribution >= 0.6 is 0 Å². The van der Waals surface area contributed by atoms with Crippen LogP contribution in [0.5, 0.6) is 0 Å². The van der Waals surface area contributed by atoms with E-state index in [2.05, 4.69) is 4.90 Å². The van der Waals surface area contributed by atoms with Gasteiger partial charge in [-0.15, -0.1) is 0 Å². The predicted molar refractivity (Wildman–Crippen MR) is 69.8 cm³/mol. The fourth-order valence-electron chi connectivity index (χ4n) is 3.06. The highest BCUT2D eigenvalue weighted by molar-refractivity contribution is 5.13. The normalized spacial score (nSPS) is 25.2. The van der Waals surface area contributed by atoms with E-state index < -0.39 is 6.18 Å². The van der Waals surface area contributed by atoms with Crippen LogP contribution in [0.4, 0.5) is 13.2 Å². The number of halogens is 3. The van der Waals surface area contributed by atoms with Gasteiger partial charge in [0.1, 0.15) is 0 Å². The Balaban J connectivity index is 1.78. The molecule has 0 atom stereocenters. The Morgan fingerprint density at radius 1 is 1.21 bits per heavy atom. The van der Waals surface area contributed by atoms with Gasteiger partial charge in [0.25, 0.3) is 0 Å². The summed E-state index contributed by atoms with van der Waals surface area (Å²) in [4.78, 5) is 2.08. The molecule has 0 saturated heterocycles. The molecular weight excluding hydrogens is 253 g/mol. The zero-order valence-electron chi connectivity index (χ0n) is 11.3. The van der Waals surface area contributed by atoms with Gasteiger partial charge < -0.3 is 5.73 Å². The van der Waals surface area contributed by atoms with E-state index in [1.807, 2.05) is 0 Å². The van der Waals surface area contributed by atoms with E-state index in [1.165, 1.54) is 25.3 Å². The first-order valence-corrected chi connectivity index (χ1v) is 7.17. The van der Waals surface area contributed by atoms with Gasteiger partial charge in [-0.2, -0.15) is 13.2 Å². The van der Waals surface area contributed by atoms with Crippen LogP contribution in [-0.2, 0) is 0 Å². The minimum Gasteiger partial charge on any atom is -0.325 e. The van der Waals surface area contributed by atoms with Crippen molar-refractivity contribution in [1.29, 1.82) is 0 Å². The molecule has 2 aliphatic rings. The monoisotopic (exact) mass is 276 g/mol. The molecular formula is C14H23F3N2. The first-order chi connectivity index (χ1) is 8.89. The number of rotatable bonds is 3. The lowest BCUT2D eigenvalue weighted by atomic mass is 9.80. The van der Waals surface area contributed by atoms with E-state index in [-0.39, 0.29) is 17.5 Å². The highest BCUT2D eigenvalue weighted by Gasteiger charge is 2.35. The maximum Gasteiger partial charge on any atom is 0.412 e. The van der Waals surface area contributed by atoms with Gasteiger partial charge in [0.05, 0.1) is 0 Å². The lowest BCUT2D eigenvalue weighted by Crippen LogP contribution is -2.45. The van der Waals surface area contributed by atoms with Crippen LogP contribution in [-0.4, -0.2) is 36.2 Å². The van der Waals surface area contributed by atoms with Crippen LogP contribution < -0.4 is 5.73 Å². The second-order valence-electron chi connectivity index (χ2n) is 5.95. The molecule has 1 aliphatic heterocycles. The zero-order chi connectivity index (χ0) is 13.9. The Hall–Kier alpha value is -0.550. The third kappa shape index (κ3) is 4.21. The standard InChI is InChI=1S/C14H23F3N2/c15-14(16,17)12-4-9-19(10-5-12)11-8-13(18)6-2-1-3-7-13/h4H,1-3,5-11,18H2. The molecule has 0 bridgehead atoms. The average molecular weight is 276 g/mol. The van der Waals surface area contributed by atoms with Crippen molar-refractivity contribution in [3.05, 3.63) is 11.6 Å². The van der Waals surface area contributed by atoms with E-state index in [0.29, 0.717) is 13.1 Å². The molecule has 1 heterocycles. The molecule has 0 aromatic rings. The summed E-state index contributed by atoms with van der Waals surface area (Å²) >= 11 is 0. The molecule has 19 heavy (non-hydrogen) atoms. The summed E-state index contributed by atoms with van der Waals surface area (Å²) < 4.78 is 37.5. The fraction of sp³-hybridized carbons (Fsp3) is 0.857. The minimum absolute atomic E-state index is 0.0771. The number of nitrogens with zero attached hydrogens (tertiary/aromatic N) is 1. The van der Waals surface area contributed by atoms with Crippen molar-refractivity contribution in [3.63, 3.8) is 0 Å². The maximum absolute atomic E-state index is 12.5. The van der Waals surface area contributed by atoms with Gasteiger partial charge in [0, 0.05) is 30.7 Å².